The van der Waals surface area contributed by atoms with E-state index in [1.807, 2.05) is 0 Å². The van der Waals surface area contributed by atoms with Crippen LogP contribution in [0.2, 0.25) is 0 Å². The van der Waals surface area contributed by atoms with Gasteiger partial charge in [-0.3, -0.25) is 0 Å². The molecule has 0 bridgehead atoms. The number of hydrogen-bond acceptors (Lipinski definition) is 2. The Kier molecular flexibility index (Phi) is 6.20. The fraction of sp³-hybridized carbons (Fsp3) is 1.00. The lowest BCUT2D eigenvalue weighted by atomic mass is 10.00. The summed E-state index contributed by atoms with van der Waals surface area (Å²) < 4.78 is 5.02. The molecule has 2 nitrogen and oxygen atoms in total. The van der Waals surface area contributed by atoms with Gasteiger partial charge in [-0.05, 0) is 45.1 Å². The molecule has 2 heteroatoms. The second-order valence-corrected chi connectivity index (χ2v) is 4.49. The van der Waals surface area contributed by atoms with E-state index in [1.54, 1.807) is 7.11 Å². The largest absolute Gasteiger partial charge is 0.385 e. The monoisotopic (exact) mass is 199 g/mol. The smallest absolute Gasteiger partial charge is 0.0462 e. The summed E-state index contributed by atoms with van der Waals surface area (Å²) >= 11 is 0. The Labute approximate surface area is 88.4 Å². The fourth-order valence-electron chi connectivity index (χ4n) is 2.33. The number of methoxy groups -OCH3 is 1. The predicted octanol–water partition coefficient (Wildman–Crippen LogP) is 2.58. The summed E-state index contributed by atoms with van der Waals surface area (Å²) in [5.74, 6) is 0.942. The highest BCUT2D eigenvalue weighted by molar-refractivity contribution is 4.76. The average molecular weight is 199 g/mol. The second kappa shape index (κ2) is 7.24. The first kappa shape index (κ1) is 12.0. The first-order valence-corrected chi connectivity index (χ1v) is 6.07. The lowest BCUT2D eigenvalue weighted by Crippen LogP contribution is -2.33. The van der Waals surface area contributed by atoms with E-state index < -0.39 is 0 Å². The Balaban J connectivity index is 1.94. The summed E-state index contributed by atoms with van der Waals surface area (Å²) in [5, 5.41) is 3.63. The average Bonchev–Trinajstić information content (AvgIpc) is 2.70. The van der Waals surface area contributed by atoms with Crippen molar-refractivity contribution < 1.29 is 4.74 Å². The molecule has 1 aliphatic rings. The third kappa shape index (κ3) is 4.43. The van der Waals surface area contributed by atoms with Crippen molar-refractivity contribution in [1.29, 1.82) is 0 Å². The lowest BCUT2D eigenvalue weighted by molar-refractivity contribution is 0.192. The van der Waals surface area contributed by atoms with Gasteiger partial charge in [-0.15, -0.1) is 0 Å². The minimum Gasteiger partial charge on any atom is -0.385 e. The van der Waals surface area contributed by atoms with Crippen molar-refractivity contribution in [2.45, 2.75) is 51.5 Å². The van der Waals surface area contributed by atoms with E-state index in [9.17, 15) is 0 Å². The van der Waals surface area contributed by atoms with Crippen LogP contribution < -0.4 is 5.32 Å². The molecule has 0 spiro atoms. The lowest BCUT2D eigenvalue weighted by Gasteiger charge is -2.20. The molecular weight excluding hydrogens is 174 g/mol. The van der Waals surface area contributed by atoms with E-state index >= 15 is 0 Å². The summed E-state index contributed by atoms with van der Waals surface area (Å²) in [7, 11) is 1.77. The minimum absolute atomic E-state index is 0.722. The SMILES string of the molecule is COCCCCN[C@@H](C)C1CCCC1. The summed E-state index contributed by atoms with van der Waals surface area (Å²) in [4.78, 5) is 0. The van der Waals surface area contributed by atoms with Gasteiger partial charge in [-0.25, -0.2) is 0 Å². The second-order valence-electron chi connectivity index (χ2n) is 4.49. The van der Waals surface area contributed by atoms with Crippen LogP contribution >= 0.6 is 0 Å². The van der Waals surface area contributed by atoms with E-state index in [2.05, 4.69) is 12.2 Å². The normalized spacial score (nSPS) is 20.1. The van der Waals surface area contributed by atoms with Gasteiger partial charge in [0.25, 0.3) is 0 Å². The maximum atomic E-state index is 5.02. The van der Waals surface area contributed by atoms with Crippen LogP contribution in [0.25, 0.3) is 0 Å². The summed E-state index contributed by atoms with van der Waals surface area (Å²) in [5.41, 5.74) is 0. The number of rotatable bonds is 7. The summed E-state index contributed by atoms with van der Waals surface area (Å²) in [6, 6.07) is 0.722. The third-order valence-corrected chi connectivity index (χ3v) is 3.35. The quantitative estimate of drug-likeness (QED) is 0.636. The van der Waals surface area contributed by atoms with Crippen molar-refractivity contribution in [3.63, 3.8) is 0 Å². The van der Waals surface area contributed by atoms with Crippen LogP contribution in [-0.4, -0.2) is 26.3 Å². The van der Waals surface area contributed by atoms with Crippen molar-refractivity contribution in [2.75, 3.05) is 20.3 Å². The van der Waals surface area contributed by atoms with Crippen LogP contribution in [0.1, 0.15) is 45.4 Å². The van der Waals surface area contributed by atoms with Gasteiger partial charge in [0, 0.05) is 19.8 Å². The number of nitrogens with one attached hydrogen (secondary N) is 1. The molecule has 1 N–H and O–H groups in total. The van der Waals surface area contributed by atoms with Crippen molar-refractivity contribution in [1.82, 2.24) is 5.32 Å². The fourth-order valence-corrected chi connectivity index (χ4v) is 2.33. The molecule has 1 atom stereocenters. The number of unbranched alkanes of at least 4 members (excludes halogenated alkanes) is 1. The Bertz CT molecular complexity index is 132. The van der Waals surface area contributed by atoms with Gasteiger partial charge in [-0.1, -0.05) is 12.8 Å². The highest BCUT2D eigenvalue weighted by atomic mass is 16.5. The molecule has 14 heavy (non-hydrogen) atoms. The van der Waals surface area contributed by atoms with Crippen LogP contribution in [0.4, 0.5) is 0 Å². The van der Waals surface area contributed by atoms with Crippen LogP contribution in [0.5, 0.6) is 0 Å². The maximum absolute atomic E-state index is 5.02. The third-order valence-electron chi connectivity index (χ3n) is 3.35. The molecule has 1 fully saturated rings. The maximum Gasteiger partial charge on any atom is 0.0462 e. The van der Waals surface area contributed by atoms with Gasteiger partial charge in [0.05, 0.1) is 0 Å². The molecule has 1 saturated carbocycles. The van der Waals surface area contributed by atoms with E-state index in [4.69, 9.17) is 4.74 Å². The topological polar surface area (TPSA) is 21.3 Å². The van der Waals surface area contributed by atoms with Gasteiger partial charge in [0.15, 0.2) is 0 Å². The van der Waals surface area contributed by atoms with Gasteiger partial charge >= 0.3 is 0 Å². The number of ether oxygens (including phenoxy) is 1. The van der Waals surface area contributed by atoms with Gasteiger partial charge in [0.1, 0.15) is 0 Å². The molecule has 84 valence electrons. The van der Waals surface area contributed by atoms with Crippen LogP contribution in [0.15, 0.2) is 0 Å². The molecule has 0 unspecified atom stereocenters. The van der Waals surface area contributed by atoms with E-state index in [0.717, 1.165) is 25.1 Å². The van der Waals surface area contributed by atoms with Crippen LogP contribution in [0.3, 0.4) is 0 Å². The molecule has 0 radical (unpaired) electrons. The zero-order chi connectivity index (χ0) is 10.2. The Morgan fingerprint density at radius 1 is 1.29 bits per heavy atom. The predicted molar refractivity (Wildman–Crippen MR) is 60.5 cm³/mol. The minimum atomic E-state index is 0.722. The summed E-state index contributed by atoms with van der Waals surface area (Å²) in [6.07, 6.45) is 8.19. The standard InChI is InChI=1S/C12H25NO/c1-11(12-7-3-4-8-12)13-9-5-6-10-14-2/h11-13H,3-10H2,1-2H3/t11-/m0/s1. The Morgan fingerprint density at radius 3 is 2.64 bits per heavy atom. The van der Waals surface area contributed by atoms with Crippen LogP contribution in [0, 0.1) is 5.92 Å². The Morgan fingerprint density at radius 2 is 2.00 bits per heavy atom. The molecule has 0 aromatic carbocycles. The van der Waals surface area contributed by atoms with Crippen molar-refractivity contribution in [2.24, 2.45) is 5.92 Å². The van der Waals surface area contributed by atoms with Gasteiger partial charge < -0.3 is 10.1 Å². The molecular formula is C12H25NO. The van der Waals surface area contributed by atoms with Gasteiger partial charge in [0.2, 0.25) is 0 Å². The highest BCUT2D eigenvalue weighted by Crippen LogP contribution is 2.27. The van der Waals surface area contributed by atoms with Crippen molar-refractivity contribution >= 4 is 0 Å². The summed E-state index contributed by atoms with van der Waals surface area (Å²) in [6.45, 7) is 4.40. The molecule has 0 saturated heterocycles. The van der Waals surface area contributed by atoms with Crippen molar-refractivity contribution in [3.05, 3.63) is 0 Å². The molecule has 0 heterocycles. The van der Waals surface area contributed by atoms with E-state index in [1.165, 1.54) is 38.5 Å². The molecule has 0 amide bonds. The number of hydrogen-bond donors (Lipinski definition) is 1. The molecule has 0 aromatic heterocycles. The van der Waals surface area contributed by atoms with Crippen LogP contribution in [-0.2, 0) is 4.74 Å². The first-order valence-electron chi connectivity index (χ1n) is 6.07. The molecule has 0 aliphatic heterocycles. The first-order chi connectivity index (χ1) is 6.84. The molecule has 0 aromatic rings. The Hall–Kier alpha value is -0.0800. The zero-order valence-corrected chi connectivity index (χ0v) is 9.72. The molecule has 1 rings (SSSR count). The molecule has 1 aliphatic carbocycles. The van der Waals surface area contributed by atoms with E-state index in [-0.39, 0.29) is 0 Å². The van der Waals surface area contributed by atoms with Gasteiger partial charge in [-0.2, -0.15) is 0 Å². The van der Waals surface area contributed by atoms with E-state index in [0.29, 0.717) is 0 Å². The highest BCUT2D eigenvalue weighted by Gasteiger charge is 2.20. The van der Waals surface area contributed by atoms with Crippen molar-refractivity contribution in [3.8, 4) is 0 Å². The zero-order valence-electron chi connectivity index (χ0n) is 9.72.